The molecule has 3 aromatic heterocycles. The number of nitrogens with zero attached hydrogens (tertiary/aromatic N) is 8. The van der Waals surface area contributed by atoms with Crippen molar-refractivity contribution in [2.75, 3.05) is 18.0 Å². The van der Waals surface area contributed by atoms with Crippen LogP contribution in [0.15, 0.2) is 47.0 Å². The number of nitrogens with two attached hydrogens (primary N) is 1. The standard InChI is InChI=1S/C30H30ClN11O8S2/c1-30(2,28(48)49)50-37-21(17-12-52-29(32)34-17)19(44)9-16-26(47)42-22(24-35-38-39-36-24)14(11-51-27(16)42)10-41-8-7-40(13-41)6-5-33-25(46)15-3-4-18(43)23(45)20(15)31/h3-4,7-8,12-13,16,27H,5-6,9-11H2,1-2H3,(H6-,32,33,34,35,36,37,38,39,43,44,45,46,48,49)/p+1/t16-,27-/m1/s1. The van der Waals surface area contributed by atoms with Gasteiger partial charge in [0.1, 0.15) is 31.2 Å². The Morgan fingerprint density at radius 1 is 1.29 bits per heavy atom. The molecule has 52 heavy (non-hydrogen) atoms. The van der Waals surface area contributed by atoms with Gasteiger partial charge in [0.25, 0.3) is 5.91 Å². The number of thioether (sulfide) groups is 1. The Hall–Kier alpha value is -5.54. The zero-order chi connectivity index (χ0) is 37.3. The lowest BCUT2D eigenvalue weighted by molar-refractivity contribution is -0.688. The SMILES string of the molecule is CC(C)(O/N=C(\C(=O)C[C@@H]1C(=O)N2C(c3nn[nH]n3)=C(C[n+]3ccn(CCNC(=O)c4ccc(O)c(O)c4Cl)c3)CS[C@H]12)c1csc(N)n1)C(=O)O. The summed E-state index contributed by atoms with van der Waals surface area (Å²) in [6.45, 7) is 3.55. The third-order valence-electron chi connectivity index (χ3n) is 8.14. The monoisotopic (exact) mass is 772 g/mol. The second-order valence-corrected chi connectivity index (χ2v) is 14.5. The number of carbonyl (C=O) groups is 4. The summed E-state index contributed by atoms with van der Waals surface area (Å²) in [5, 5.41) is 50.8. The number of tetrazole rings is 1. The smallest absolute Gasteiger partial charge is 0.350 e. The number of phenols is 2. The number of aromatic hydroxyl groups is 2. The molecule has 7 N–H and O–H groups in total. The first-order valence-corrected chi connectivity index (χ1v) is 17.7. The van der Waals surface area contributed by atoms with E-state index in [4.69, 9.17) is 22.2 Å². The molecule has 0 radical (unpaired) electrons. The Bertz CT molecular complexity index is 2110. The summed E-state index contributed by atoms with van der Waals surface area (Å²) in [4.78, 5) is 62.3. The first-order chi connectivity index (χ1) is 24.7. The van der Waals surface area contributed by atoms with Gasteiger partial charge in [-0.2, -0.15) is 5.21 Å². The molecule has 2 aliphatic heterocycles. The number of carboxylic acid groups (broad SMARTS) is 1. The van der Waals surface area contributed by atoms with Gasteiger partial charge in [-0.1, -0.05) is 16.8 Å². The Morgan fingerprint density at radius 2 is 2.08 bits per heavy atom. The highest BCUT2D eigenvalue weighted by atomic mass is 35.5. The van der Waals surface area contributed by atoms with Gasteiger partial charge in [-0.15, -0.1) is 33.3 Å². The minimum Gasteiger partial charge on any atom is -0.504 e. The molecule has 0 saturated carbocycles. The molecule has 272 valence electrons. The third-order valence-corrected chi connectivity index (χ3v) is 10.6. The predicted molar refractivity (Wildman–Crippen MR) is 185 cm³/mol. The molecule has 5 heterocycles. The van der Waals surface area contributed by atoms with Crippen molar-refractivity contribution in [3.63, 3.8) is 0 Å². The Morgan fingerprint density at radius 3 is 2.77 bits per heavy atom. The Balaban J connectivity index is 1.14. The third kappa shape index (κ3) is 7.27. The number of aromatic nitrogens is 7. The number of anilines is 1. The van der Waals surface area contributed by atoms with Crippen LogP contribution >= 0.6 is 34.7 Å². The van der Waals surface area contributed by atoms with Gasteiger partial charge in [0, 0.05) is 23.1 Å². The number of oxime groups is 1. The summed E-state index contributed by atoms with van der Waals surface area (Å²) in [6, 6.07) is 2.49. The number of ketones is 1. The van der Waals surface area contributed by atoms with Crippen molar-refractivity contribution < 1.29 is 43.9 Å². The molecule has 6 rings (SSSR count). The van der Waals surface area contributed by atoms with E-state index in [1.807, 2.05) is 27.9 Å². The molecule has 1 aromatic carbocycles. The number of aliphatic carboxylic acids is 1. The van der Waals surface area contributed by atoms with Crippen molar-refractivity contribution >= 4 is 74.8 Å². The van der Waals surface area contributed by atoms with E-state index in [1.54, 1.807) is 4.90 Å². The molecular weight excluding hydrogens is 742 g/mol. The highest BCUT2D eigenvalue weighted by Gasteiger charge is 2.54. The van der Waals surface area contributed by atoms with E-state index >= 15 is 0 Å². The van der Waals surface area contributed by atoms with Crippen LogP contribution in [0.5, 0.6) is 11.5 Å². The van der Waals surface area contributed by atoms with E-state index in [1.165, 1.54) is 43.1 Å². The minimum absolute atomic E-state index is 0.0211. The number of imidazole rings is 1. The number of phenolic OH excluding ortho intramolecular Hbond substituents is 2. The number of halogens is 1. The molecule has 4 aromatic rings. The van der Waals surface area contributed by atoms with Crippen LogP contribution in [-0.2, 0) is 32.3 Å². The number of carboxylic acids is 1. The second-order valence-electron chi connectivity index (χ2n) is 12.1. The maximum absolute atomic E-state index is 13.7. The fraction of sp³-hybridized carbons (Fsp3) is 0.333. The summed E-state index contributed by atoms with van der Waals surface area (Å²) >= 11 is 8.53. The van der Waals surface area contributed by atoms with Crippen LogP contribution < -0.4 is 15.6 Å². The average molecular weight is 773 g/mol. The summed E-state index contributed by atoms with van der Waals surface area (Å²) in [5.74, 6) is -3.78. The van der Waals surface area contributed by atoms with Crippen molar-refractivity contribution in [1.29, 1.82) is 0 Å². The summed E-state index contributed by atoms with van der Waals surface area (Å²) in [5.41, 5.74) is 5.22. The van der Waals surface area contributed by atoms with Crippen molar-refractivity contribution in [1.82, 2.24) is 40.4 Å². The summed E-state index contributed by atoms with van der Waals surface area (Å²) in [6.07, 6.45) is 5.21. The van der Waals surface area contributed by atoms with E-state index in [0.717, 1.165) is 16.9 Å². The number of carbonyl (C=O) groups excluding carboxylic acids is 3. The minimum atomic E-state index is -1.74. The molecule has 1 saturated heterocycles. The molecule has 0 aliphatic carbocycles. The lowest BCUT2D eigenvalue weighted by Crippen LogP contribution is -2.61. The summed E-state index contributed by atoms with van der Waals surface area (Å²) in [7, 11) is 0. The number of β-lactam (4-membered cyclic amide) rings is 1. The lowest BCUT2D eigenvalue weighted by atomic mass is 9.89. The molecule has 0 bridgehead atoms. The molecule has 1 fully saturated rings. The molecular formula is C30H31ClN11O8S2+. The van der Waals surface area contributed by atoms with Crippen LogP contribution in [0.1, 0.15) is 42.1 Å². The number of benzene rings is 1. The molecule has 2 aliphatic rings. The number of amides is 2. The van der Waals surface area contributed by atoms with E-state index in [2.05, 4.69) is 36.1 Å². The first-order valence-electron chi connectivity index (χ1n) is 15.4. The summed E-state index contributed by atoms with van der Waals surface area (Å²) < 4.78 is 3.73. The fourth-order valence-electron chi connectivity index (χ4n) is 5.35. The second kappa shape index (κ2) is 14.6. The van der Waals surface area contributed by atoms with Gasteiger partial charge in [0.05, 0.1) is 34.1 Å². The lowest BCUT2D eigenvalue weighted by Gasteiger charge is -2.49. The fourth-order valence-corrected chi connectivity index (χ4v) is 7.55. The topological polar surface area (TPSA) is 268 Å². The number of nitrogens with one attached hydrogen (secondary N) is 2. The highest BCUT2D eigenvalue weighted by molar-refractivity contribution is 8.00. The largest absolute Gasteiger partial charge is 0.504 e. The predicted octanol–water partition coefficient (Wildman–Crippen LogP) is 1.01. The van der Waals surface area contributed by atoms with Crippen molar-refractivity contribution in [2.24, 2.45) is 11.1 Å². The highest BCUT2D eigenvalue weighted by Crippen LogP contribution is 2.47. The molecule has 0 unspecified atom stereocenters. The van der Waals surface area contributed by atoms with Crippen LogP contribution in [0.3, 0.4) is 0 Å². The van der Waals surface area contributed by atoms with Crippen molar-refractivity contribution in [3.05, 3.63) is 63.9 Å². The zero-order valence-corrected chi connectivity index (χ0v) is 29.8. The Kier molecular flexibility index (Phi) is 10.2. The van der Waals surface area contributed by atoms with Gasteiger partial charge < -0.3 is 31.2 Å². The van der Waals surface area contributed by atoms with Crippen LogP contribution in [0.25, 0.3) is 5.70 Å². The normalized spacial score (nSPS) is 17.5. The van der Waals surface area contributed by atoms with E-state index < -0.39 is 46.1 Å². The average Bonchev–Trinajstić information content (AvgIpc) is 3.89. The number of fused-ring (bicyclic) bond motifs is 1. The van der Waals surface area contributed by atoms with Gasteiger partial charge in [0.15, 0.2) is 28.1 Å². The molecule has 2 atom stereocenters. The maximum atomic E-state index is 13.7. The van der Waals surface area contributed by atoms with Gasteiger partial charge >= 0.3 is 5.97 Å². The number of H-pyrrole nitrogens is 1. The number of thiazole rings is 1. The van der Waals surface area contributed by atoms with Gasteiger partial charge in [0.2, 0.25) is 23.7 Å². The number of rotatable bonds is 14. The van der Waals surface area contributed by atoms with E-state index in [-0.39, 0.29) is 51.8 Å². The number of aromatic amines is 1. The molecule has 19 nitrogen and oxygen atoms in total. The van der Waals surface area contributed by atoms with Crippen molar-refractivity contribution in [3.8, 4) is 11.5 Å². The van der Waals surface area contributed by atoms with E-state index in [9.17, 15) is 34.5 Å². The van der Waals surface area contributed by atoms with Crippen molar-refractivity contribution in [2.45, 2.75) is 44.3 Å². The van der Waals surface area contributed by atoms with Gasteiger partial charge in [-0.05, 0) is 31.2 Å². The Labute approximate surface area is 307 Å². The van der Waals surface area contributed by atoms with E-state index in [0.29, 0.717) is 24.5 Å². The molecule has 0 spiro atoms. The molecule has 22 heteroatoms. The van der Waals surface area contributed by atoms with Gasteiger partial charge in [-0.25, -0.2) is 18.9 Å². The number of hydrogen-bond donors (Lipinski definition) is 6. The van der Waals surface area contributed by atoms with Crippen LogP contribution in [0.2, 0.25) is 5.02 Å². The number of hydrogen-bond acceptors (Lipinski definition) is 15. The van der Waals surface area contributed by atoms with Gasteiger partial charge in [-0.3, -0.25) is 19.3 Å². The first kappa shape index (κ1) is 36.3. The number of nitrogen functional groups attached to an aromatic ring is 1. The molecule has 2 amide bonds. The van der Waals surface area contributed by atoms with Crippen LogP contribution in [0.4, 0.5) is 5.13 Å². The van der Waals surface area contributed by atoms with Crippen LogP contribution in [0, 0.1) is 5.92 Å². The maximum Gasteiger partial charge on any atom is 0.350 e. The quantitative estimate of drug-likeness (QED) is 0.0344. The van der Waals surface area contributed by atoms with Crippen LogP contribution in [-0.4, -0.2) is 103 Å². The number of Topliss-reactive ketones (excluding diaryl/α,β-unsaturated/α-hetero) is 1. The zero-order valence-electron chi connectivity index (χ0n) is 27.4.